The first kappa shape index (κ1) is 14.2. The number of likely N-dealkylation sites (N-methyl/N-ethyl adjacent to an activating group) is 1. The van der Waals surface area contributed by atoms with Crippen molar-refractivity contribution in [3.8, 4) is 11.1 Å². The van der Waals surface area contributed by atoms with Crippen molar-refractivity contribution >= 4 is 22.6 Å². The lowest BCUT2D eigenvalue weighted by Gasteiger charge is -2.36. The van der Waals surface area contributed by atoms with Crippen LogP contribution in [0.15, 0.2) is 43.1 Å². The van der Waals surface area contributed by atoms with Gasteiger partial charge in [-0.3, -0.25) is 4.98 Å². The first-order valence-electron chi connectivity index (χ1n) is 8.13. The number of pyridine rings is 1. The van der Waals surface area contributed by atoms with Gasteiger partial charge in [-0.2, -0.15) is 0 Å². The quantitative estimate of drug-likeness (QED) is 0.608. The first-order valence-corrected chi connectivity index (χ1v) is 8.13. The minimum atomic E-state index is 0.417. The molecule has 1 aliphatic rings. The number of rotatable bonds is 3. The van der Waals surface area contributed by atoms with Gasteiger partial charge in [0.25, 0.3) is 0 Å². The van der Waals surface area contributed by atoms with E-state index >= 15 is 0 Å². The molecule has 1 aliphatic heterocycles. The van der Waals surface area contributed by atoms with E-state index in [2.05, 4.69) is 42.3 Å². The van der Waals surface area contributed by atoms with Crippen molar-refractivity contribution in [3.05, 3.63) is 43.1 Å². The van der Waals surface area contributed by atoms with E-state index in [1.165, 1.54) is 0 Å². The molecule has 5 rings (SSSR count). The Morgan fingerprint density at radius 2 is 1.96 bits per heavy atom. The van der Waals surface area contributed by atoms with Gasteiger partial charge < -0.3 is 10.2 Å². The largest absolute Gasteiger partial charge is 0.348 e. The number of likely N-dealkylation sites (tertiary alicyclic amines) is 1. The van der Waals surface area contributed by atoms with E-state index in [9.17, 15) is 0 Å². The molecule has 4 aromatic heterocycles. The third-order valence-electron chi connectivity index (χ3n) is 4.45. The molecule has 0 atom stereocenters. The number of aromatic nitrogens is 6. The fourth-order valence-corrected chi connectivity index (χ4v) is 3.19. The summed E-state index contributed by atoms with van der Waals surface area (Å²) in [5.41, 5.74) is 4.34. The van der Waals surface area contributed by atoms with E-state index in [1.54, 1.807) is 12.4 Å². The van der Waals surface area contributed by atoms with E-state index in [-0.39, 0.29) is 0 Å². The van der Waals surface area contributed by atoms with Crippen molar-refractivity contribution in [2.24, 2.45) is 0 Å². The maximum Gasteiger partial charge on any atom is 0.241 e. The SMILES string of the molecule is CN1CC(Nc2ncc3c(-c4cnc5nccnc5c4)ccn3n2)C1. The van der Waals surface area contributed by atoms with Gasteiger partial charge in [-0.15, -0.1) is 5.10 Å². The van der Waals surface area contributed by atoms with Crippen LogP contribution in [0.2, 0.25) is 0 Å². The third-order valence-corrected chi connectivity index (χ3v) is 4.45. The zero-order chi connectivity index (χ0) is 16.8. The molecule has 0 saturated carbocycles. The Balaban J connectivity index is 1.50. The molecule has 25 heavy (non-hydrogen) atoms. The summed E-state index contributed by atoms with van der Waals surface area (Å²) < 4.78 is 1.84. The van der Waals surface area contributed by atoms with Crippen LogP contribution in [0.25, 0.3) is 27.8 Å². The molecule has 1 N–H and O–H groups in total. The van der Waals surface area contributed by atoms with Crippen molar-refractivity contribution in [3.63, 3.8) is 0 Å². The second-order valence-electron chi connectivity index (χ2n) is 6.33. The summed E-state index contributed by atoms with van der Waals surface area (Å²) in [4.78, 5) is 19.6. The number of nitrogens with one attached hydrogen (secondary N) is 1. The number of nitrogens with zero attached hydrogens (tertiary/aromatic N) is 7. The van der Waals surface area contributed by atoms with Gasteiger partial charge in [0.2, 0.25) is 5.95 Å². The normalized spacial score (nSPS) is 15.6. The maximum atomic E-state index is 4.56. The van der Waals surface area contributed by atoms with E-state index in [1.807, 2.05) is 35.2 Å². The third kappa shape index (κ3) is 2.47. The van der Waals surface area contributed by atoms with Gasteiger partial charge >= 0.3 is 0 Å². The van der Waals surface area contributed by atoms with Gasteiger partial charge in [0.1, 0.15) is 5.52 Å². The Kier molecular flexibility index (Phi) is 3.10. The standard InChI is InChI=1S/C17H16N8/c1-24-9-12(10-24)22-17-21-8-15-13(2-5-25(15)23-17)11-6-14-16(20-7-11)19-4-3-18-14/h2-8,12H,9-10H2,1H3,(H,22,23). The molecule has 1 fully saturated rings. The fraction of sp³-hybridized carbons (Fsp3) is 0.235. The van der Waals surface area contributed by atoms with Crippen LogP contribution in [0.3, 0.4) is 0 Å². The molecule has 0 spiro atoms. The highest BCUT2D eigenvalue weighted by molar-refractivity contribution is 5.84. The molecule has 4 aromatic rings. The monoisotopic (exact) mass is 332 g/mol. The summed E-state index contributed by atoms with van der Waals surface area (Å²) in [6.45, 7) is 2.03. The fourth-order valence-electron chi connectivity index (χ4n) is 3.19. The van der Waals surface area contributed by atoms with Crippen LogP contribution in [0.5, 0.6) is 0 Å². The van der Waals surface area contributed by atoms with Gasteiger partial charge in [0.05, 0.1) is 17.8 Å². The predicted octanol–water partition coefficient (Wildman–Crippen LogP) is 1.46. The lowest BCUT2D eigenvalue weighted by Crippen LogP contribution is -2.52. The molecule has 0 radical (unpaired) electrons. The van der Waals surface area contributed by atoms with Gasteiger partial charge in [-0.05, 0) is 19.2 Å². The van der Waals surface area contributed by atoms with Crippen molar-refractivity contribution in [2.75, 3.05) is 25.5 Å². The zero-order valence-corrected chi connectivity index (χ0v) is 13.7. The highest BCUT2D eigenvalue weighted by Gasteiger charge is 2.23. The Labute approximate surface area is 143 Å². The minimum absolute atomic E-state index is 0.417. The van der Waals surface area contributed by atoms with Crippen LogP contribution < -0.4 is 5.32 Å². The van der Waals surface area contributed by atoms with Crippen molar-refractivity contribution in [2.45, 2.75) is 6.04 Å². The van der Waals surface area contributed by atoms with Gasteiger partial charge in [-0.25, -0.2) is 19.5 Å². The number of hydrogen-bond acceptors (Lipinski definition) is 7. The van der Waals surface area contributed by atoms with Crippen LogP contribution in [0.1, 0.15) is 0 Å². The maximum absolute atomic E-state index is 4.56. The van der Waals surface area contributed by atoms with Crippen LogP contribution in [-0.2, 0) is 0 Å². The van der Waals surface area contributed by atoms with Crippen LogP contribution >= 0.6 is 0 Å². The average molecular weight is 332 g/mol. The lowest BCUT2D eigenvalue weighted by molar-refractivity contribution is 0.204. The molecule has 0 bridgehead atoms. The molecule has 0 aliphatic carbocycles. The smallest absolute Gasteiger partial charge is 0.241 e. The predicted molar refractivity (Wildman–Crippen MR) is 94.2 cm³/mol. The molecular weight excluding hydrogens is 316 g/mol. The zero-order valence-electron chi connectivity index (χ0n) is 13.7. The van der Waals surface area contributed by atoms with Gasteiger partial charge in [-0.1, -0.05) is 0 Å². The van der Waals surface area contributed by atoms with Crippen molar-refractivity contribution in [1.29, 1.82) is 0 Å². The van der Waals surface area contributed by atoms with E-state index < -0.39 is 0 Å². The van der Waals surface area contributed by atoms with Crippen LogP contribution in [-0.4, -0.2) is 60.6 Å². The minimum Gasteiger partial charge on any atom is -0.348 e. The van der Waals surface area contributed by atoms with Gasteiger partial charge in [0.15, 0.2) is 5.65 Å². The first-order chi connectivity index (χ1) is 12.3. The van der Waals surface area contributed by atoms with Crippen molar-refractivity contribution < 1.29 is 0 Å². The molecule has 0 aromatic carbocycles. The summed E-state index contributed by atoms with van der Waals surface area (Å²) in [7, 11) is 2.10. The topological polar surface area (TPSA) is 84.1 Å². The van der Waals surface area contributed by atoms with Crippen molar-refractivity contribution in [1.82, 2.24) is 34.4 Å². The highest BCUT2D eigenvalue weighted by Crippen LogP contribution is 2.26. The summed E-state index contributed by atoms with van der Waals surface area (Å²) in [6.07, 6.45) is 8.90. The Hall–Kier alpha value is -3.13. The van der Waals surface area contributed by atoms with E-state index in [0.29, 0.717) is 17.6 Å². The second-order valence-corrected chi connectivity index (χ2v) is 6.33. The summed E-state index contributed by atoms with van der Waals surface area (Å²) in [6, 6.07) is 4.42. The Morgan fingerprint density at radius 3 is 2.84 bits per heavy atom. The molecule has 0 amide bonds. The van der Waals surface area contributed by atoms with Crippen LogP contribution in [0, 0.1) is 0 Å². The second kappa shape index (κ2) is 5.45. The summed E-state index contributed by atoms with van der Waals surface area (Å²) >= 11 is 0. The summed E-state index contributed by atoms with van der Waals surface area (Å²) in [5, 5.41) is 7.92. The molecule has 5 heterocycles. The summed E-state index contributed by atoms with van der Waals surface area (Å²) in [5.74, 6) is 0.648. The van der Waals surface area contributed by atoms with E-state index in [0.717, 1.165) is 35.2 Å². The molecule has 124 valence electrons. The Morgan fingerprint density at radius 1 is 1.08 bits per heavy atom. The van der Waals surface area contributed by atoms with Gasteiger partial charge in [0, 0.05) is 49.0 Å². The molecule has 8 nitrogen and oxygen atoms in total. The number of anilines is 1. The molecule has 1 saturated heterocycles. The van der Waals surface area contributed by atoms with Crippen LogP contribution in [0.4, 0.5) is 5.95 Å². The highest BCUT2D eigenvalue weighted by atomic mass is 15.3. The van der Waals surface area contributed by atoms with E-state index in [4.69, 9.17) is 0 Å². The lowest BCUT2D eigenvalue weighted by atomic mass is 10.1. The molecule has 8 heteroatoms. The molecule has 0 unspecified atom stereocenters. The molecular formula is C17H16N8. The average Bonchev–Trinajstić information content (AvgIpc) is 3.03. The number of hydrogen-bond donors (Lipinski definition) is 1. The Bertz CT molecular complexity index is 1070. The number of fused-ring (bicyclic) bond motifs is 2.